The van der Waals surface area contributed by atoms with Gasteiger partial charge in [-0.05, 0) is 31.4 Å². The summed E-state index contributed by atoms with van der Waals surface area (Å²) >= 11 is 0. The molecule has 3 aliphatic heterocycles. The van der Waals surface area contributed by atoms with Gasteiger partial charge in [0.05, 0.1) is 45.3 Å². The average Bonchev–Trinajstić information content (AvgIpc) is 3.14. The fourth-order valence-corrected chi connectivity index (χ4v) is 5.56. The predicted molar refractivity (Wildman–Crippen MR) is 118 cm³/mol. The number of benzene rings is 1. The second-order valence-electron chi connectivity index (χ2n) is 8.44. The van der Waals surface area contributed by atoms with Crippen molar-refractivity contribution in [2.24, 2.45) is 11.8 Å². The summed E-state index contributed by atoms with van der Waals surface area (Å²) in [6.45, 7) is 4.00. The van der Waals surface area contributed by atoms with Crippen molar-refractivity contribution in [1.82, 2.24) is 9.88 Å². The first kappa shape index (κ1) is 19.3. The van der Waals surface area contributed by atoms with Crippen molar-refractivity contribution < 1.29 is 28.0 Å². The number of methoxy groups -OCH3 is 3. The average molecular weight is 419 g/mol. The van der Waals surface area contributed by atoms with Crippen LogP contribution in [0.4, 0.5) is 0 Å². The molecule has 166 valence electrons. The first-order valence-electron chi connectivity index (χ1n) is 10.5. The van der Waals surface area contributed by atoms with Gasteiger partial charge in [0.25, 0.3) is 0 Å². The Balaban J connectivity index is 0.00000128. The third-order valence-corrected chi connectivity index (χ3v) is 7.14. The number of piperidine rings is 1. The summed E-state index contributed by atoms with van der Waals surface area (Å²) in [7, 11) is 4.75. The molecule has 7 nitrogen and oxygen atoms in total. The van der Waals surface area contributed by atoms with Crippen LogP contribution in [0.15, 0.2) is 24.0 Å². The Labute approximate surface area is 180 Å². The Morgan fingerprint density at radius 2 is 2.00 bits per heavy atom. The van der Waals surface area contributed by atoms with Gasteiger partial charge in [0.15, 0.2) is 11.5 Å². The molecule has 1 saturated heterocycles. The number of nitrogens with zero attached hydrogens (tertiary/aromatic N) is 1. The zero-order valence-electron chi connectivity index (χ0n) is 17.9. The highest BCUT2D eigenvalue weighted by molar-refractivity contribution is 5.89. The van der Waals surface area contributed by atoms with Crippen LogP contribution in [-0.2, 0) is 20.7 Å². The third-order valence-electron chi connectivity index (χ3n) is 7.14. The largest absolute Gasteiger partial charge is 0.497 e. The zero-order chi connectivity index (χ0) is 21.0. The van der Waals surface area contributed by atoms with E-state index in [1.807, 2.05) is 6.07 Å². The van der Waals surface area contributed by atoms with Crippen LogP contribution >= 0.6 is 0 Å². The van der Waals surface area contributed by atoms with E-state index in [-0.39, 0.29) is 34.2 Å². The number of carbonyl (C=O) groups excluding carboxylic acids is 1. The molecule has 30 heavy (non-hydrogen) atoms. The molecule has 0 aliphatic carbocycles. The van der Waals surface area contributed by atoms with E-state index in [0.717, 1.165) is 42.9 Å². The lowest BCUT2D eigenvalue weighted by Gasteiger charge is -2.49. The number of ether oxygens (including phenoxy) is 4. The van der Waals surface area contributed by atoms with Gasteiger partial charge in [-0.2, -0.15) is 0 Å². The van der Waals surface area contributed by atoms with Gasteiger partial charge in [-0.15, -0.1) is 0 Å². The number of H-pyrrole nitrogens is 1. The van der Waals surface area contributed by atoms with Crippen molar-refractivity contribution in [3.05, 3.63) is 35.2 Å². The van der Waals surface area contributed by atoms with Crippen LogP contribution < -0.4 is 9.47 Å². The smallest absolute Gasteiger partial charge is 0.337 e. The predicted octanol–water partition coefficient (Wildman–Crippen LogP) is 3.93. The van der Waals surface area contributed by atoms with Gasteiger partial charge in [0.2, 0.25) is 0 Å². The summed E-state index contributed by atoms with van der Waals surface area (Å²) < 4.78 is 21.9. The zero-order valence-corrected chi connectivity index (χ0v) is 17.9. The highest BCUT2D eigenvalue weighted by atomic mass is 16.5. The van der Waals surface area contributed by atoms with Crippen molar-refractivity contribution in [2.75, 3.05) is 34.4 Å². The molecular weight excluding hydrogens is 384 g/mol. The Hall–Kier alpha value is -2.67. The van der Waals surface area contributed by atoms with E-state index in [4.69, 9.17) is 18.9 Å². The molecule has 0 bridgehead atoms. The van der Waals surface area contributed by atoms with E-state index in [2.05, 4.69) is 22.9 Å². The number of carbonyl (C=O) groups is 1. The molecular formula is C23H34N2O5. The Morgan fingerprint density at radius 3 is 2.73 bits per heavy atom. The number of aromatic nitrogens is 1. The van der Waals surface area contributed by atoms with Gasteiger partial charge >= 0.3 is 5.97 Å². The Kier molecular flexibility index (Phi) is 4.65. The van der Waals surface area contributed by atoms with E-state index >= 15 is 0 Å². The van der Waals surface area contributed by atoms with Crippen molar-refractivity contribution in [3.63, 3.8) is 0 Å². The van der Waals surface area contributed by atoms with E-state index in [9.17, 15) is 4.79 Å². The molecule has 1 N–H and O–H groups in total. The van der Waals surface area contributed by atoms with Crippen molar-refractivity contribution >= 4 is 16.9 Å². The third kappa shape index (κ3) is 2.79. The first-order chi connectivity index (χ1) is 14.5. The fraction of sp³-hybridized carbons (Fsp3) is 0.522. The minimum absolute atomic E-state index is 0. The molecule has 1 aromatic carbocycles. The van der Waals surface area contributed by atoms with Crippen LogP contribution in [0.5, 0.6) is 11.5 Å². The minimum Gasteiger partial charge on any atom is -0.497 e. The molecule has 0 saturated carbocycles. The second kappa shape index (κ2) is 7.23. The maximum atomic E-state index is 12.4. The molecule has 2 aromatic rings. The standard InChI is InChI=1S/C23H28N2O5.3H2/c1-12-16-10-25-6-5-13-15-8-20(27-2)21(28-3)9-18(15)24-22(13)19(25)7-14(16)17(11-30-12)23(26)29-4;;;/h8-9,11-12,14,16,19,24H,5-7,10H2,1-4H3;3*1H/t12-,14?,16?,19?;;;/m0.../s1. The summed E-state index contributed by atoms with van der Waals surface area (Å²) in [6, 6.07) is 4.32. The van der Waals surface area contributed by atoms with Crippen molar-refractivity contribution in [3.8, 4) is 11.5 Å². The Bertz CT molecular complexity index is 1040. The van der Waals surface area contributed by atoms with Crippen LogP contribution in [0, 0.1) is 11.8 Å². The monoisotopic (exact) mass is 418 g/mol. The lowest BCUT2D eigenvalue weighted by molar-refractivity contribution is -0.139. The van der Waals surface area contributed by atoms with Crippen LogP contribution in [0.3, 0.4) is 0 Å². The quantitative estimate of drug-likeness (QED) is 0.762. The highest BCUT2D eigenvalue weighted by Crippen LogP contribution is 2.48. The van der Waals surface area contributed by atoms with Crippen LogP contribution in [0.2, 0.25) is 0 Å². The Morgan fingerprint density at radius 1 is 1.23 bits per heavy atom. The summed E-state index contributed by atoms with van der Waals surface area (Å²) in [5.41, 5.74) is 4.31. The van der Waals surface area contributed by atoms with Gasteiger partial charge in [0.1, 0.15) is 0 Å². The summed E-state index contributed by atoms with van der Waals surface area (Å²) in [5, 5.41) is 1.19. The number of hydrogen-bond acceptors (Lipinski definition) is 6. The summed E-state index contributed by atoms with van der Waals surface area (Å²) in [5.74, 6) is 1.59. The van der Waals surface area contributed by atoms with Crippen molar-refractivity contribution in [1.29, 1.82) is 0 Å². The first-order valence-corrected chi connectivity index (χ1v) is 10.5. The number of nitrogens with one attached hydrogen (secondary N) is 1. The molecule has 1 aromatic heterocycles. The van der Waals surface area contributed by atoms with E-state index in [0.29, 0.717) is 5.57 Å². The normalized spacial score (nSPS) is 27.9. The van der Waals surface area contributed by atoms with E-state index < -0.39 is 0 Å². The summed E-state index contributed by atoms with van der Waals surface area (Å²) in [6.07, 6.45) is 3.56. The SMILES string of the molecule is COC(=O)C1=CO[C@@H](C)C2CN3CCc4c([nH]c5cc(OC)c(OC)cc45)C3CC12.[HH].[HH].[HH]. The lowest BCUT2D eigenvalue weighted by Crippen LogP contribution is -2.51. The molecule has 4 heterocycles. The van der Waals surface area contributed by atoms with Gasteiger partial charge in [-0.3, -0.25) is 4.90 Å². The van der Waals surface area contributed by atoms with E-state index in [1.54, 1.807) is 20.5 Å². The number of fused-ring (bicyclic) bond motifs is 6. The molecule has 4 atom stereocenters. The molecule has 1 fully saturated rings. The second-order valence-corrected chi connectivity index (χ2v) is 8.44. The molecule has 7 heteroatoms. The molecule has 0 radical (unpaired) electrons. The van der Waals surface area contributed by atoms with E-state index in [1.165, 1.54) is 23.8 Å². The number of rotatable bonds is 3. The highest BCUT2D eigenvalue weighted by Gasteiger charge is 2.47. The lowest BCUT2D eigenvalue weighted by atomic mass is 9.72. The number of hydrogen-bond donors (Lipinski definition) is 1. The minimum atomic E-state index is -0.285. The maximum absolute atomic E-state index is 12.4. The van der Waals surface area contributed by atoms with Crippen LogP contribution in [-0.4, -0.2) is 56.4 Å². The topological polar surface area (TPSA) is 73.0 Å². The fourth-order valence-electron chi connectivity index (χ4n) is 5.56. The molecule has 0 spiro atoms. The molecule has 3 unspecified atom stereocenters. The van der Waals surface area contributed by atoms with Crippen molar-refractivity contribution in [2.45, 2.75) is 31.9 Å². The molecule has 5 rings (SSSR count). The molecule has 3 aliphatic rings. The van der Waals surface area contributed by atoms with Gasteiger partial charge in [-0.1, -0.05) is 0 Å². The van der Waals surface area contributed by atoms with Gasteiger partial charge in [0, 0.05) is 51.9 Å². The van der Waals surface area contributed by atoms with Gasteiger partial charge in [-0.25, -0.2) is 4.79 Å². The molecule has 0 amide bonds. The van der Waals surface area contributed by atoms with Crippen LogP contribution in [0.25, 0.3) is 10.9 Å². The maximum Gasteiger partial charge on any atom is 0.337 e. The number of esters is 1. The van der Waals surface area contributed by atoms with Gasteiger partial charge < -0.3 is 23.9 Å². The van der Waals surface area contributed by atoms with Crippen LogP contribution in [0.1, 0.15) is 34.9 Å². The summed E-state index contributed by atoms with van der Waals surface area (Å²) in [4.78, 5) is 18.6. The number of aromatic amines is 1.